The molecule has 29 heavy (non-hydrogen) atoms. The number of H-pyrrole nitrogens is 1. The number of likely N-dealkylation sites (tertiary alicyclic amines) is 1. The van der Waals surface area contributed by atoms with Gasteiger partial charge in [0, 0.05) is 49.7 Å². The molecule has 2 aromatic heterocycles. The Bertz CT molecular complexity index is 931. The average molecular weight is 396 g/mol. The lowest BCUT2D eigenvalue weighted by atomic mass is 10.1. The number of nitrogens with zero attached hydrogens (tertiary/aromatic N) is 3. The van der Waals surface area contributed by atoms with E-state index in [1.807, 2.05) is 13.0 Å². The Morgan fingerprint density at radius 2 is 2.17 bits per heavy atom. The number of rotatable bonds is 8. The molecule has 0 bridgehead atoms. The summed E-state index contributed by atoms with van der Waals surface area (Å²) in [7, 11) is 0. The Hall–Kier alpha value is -3.00. The minimum atomic E-state index is -0.196. The zero-order valence-corrected chi connectivity index (χ0v) is 17.1. The van der Waals surface area contributed by atoms with Crippen molar-refractivity contribution in [2.75, 3.05) is 25.0 Å². The van der Waals surface area contributed by atoms with Gasteiger partial charge in [-0.2, -0.15) is 0 Å². The van der Waals surface area contributed by atoms with Crippen molar-refractivity contribution in [1.82, 2.24) is 25.2 Å². The van der Waals surface area contributed by atoms with Crippen molar-refractivity contribution in [2.24, 2.45) is 0 Å². The highest BCUT2D eigenvalue weighted by molar-refractivity contribution is 5.88. The predicted molar refractivity (Wildman–Crippen MR) is 114 cm³/mol. The van der Waals surface area contributed by atoms with Gasteiger partial charge in [-0.05, 0) is 12.5 Å². The van der Waals surface area contributed by atoms with Gasteiger partial charge in [-0.3, -0.25) is 14.6 Å². The van der Waals surface area contributed by atoms with Crippen molar-refractivity contribution in [2.45, 2.75) is 39.3 Å². The molecule has 0 saturated carbocycles. The number of carbonyl (C=O) groups is 1. The quantitative estimate of drug-likeness (QED) is 0.586. The zero-order chi connectivity index (χ0) is 20.8. The molecule has 1 fully saturated rings. The topological polar surface area (TPSA) is 103 Å². The summed E-state index contributed by atoms with van der Waals surface area (Å²) < 4.78 is 0. The number of aromatic amines is 1. The Balaban J connectivity index is 1.58. The van der Waals surface area contributed by atoms with Crippen LogP contribution >= 0.6 is 0 Å². The predicted octanol–water partition coefficient (Wildman–Crippen LogP) is 1.57. The molecule has 0 aromatic carbocycles. The van der Waals surface area contributed by atoms with Gasteiger partial charge in [0.15, 0.2) is 0 Å². The third-order valence-corrected chi connectivity index (χ3v) is 4.70. The van der Waals surface area contributed by atoms with Crippen LogP contribution in [0.25, 0.3) is 11.3 Å². The highest BCUT2D eigenvalue weighted by Gasteiger charge is 2.29. The van der Waals surface area contributed by atoms with E-state index >= 15 is 0 Å². The summed E-state index contributed by atoms with van der Waals surface area (Å²) in [6.45, 7) is 7.94. The maximum Gasteiger partial charge on any atom is 0.271 e. The highest BCUT2D eigenvalue weighted by Crippen LogP contribution is 2.19. The summed E-state index contributed by atoms with van der Waals surface area (Å²) in [4.78, 5) is 37.6. The van der Waals surface area contributed by atoms with Crippen LogP contribution in [-0.4, -0.2) is 57.5 Å². The molecule has 3 N–H and O–H groups in total. The number of amides is 1. The average Bonchev–Trinajstić information content (AvgIpc) is 2.68. The number of hydrogen-bond acceptors (Lipinski definition) is 6. The molecule has 1 saturated heterocycles. The van der Waals surface area contributed by atoms with Gasteiger partial charge in [0.05, 0.1) is 23.6 Å². The Morgan fingerprint density at radius 3 is 2.90 bits per heavy atom. The summed E-state index contributed by atoms with van der Waals surface area (Å²) >= 11 is 0. The van der Waals surface area contributed by atoms with Gasteiger partial charge >= 0.3 is 0 Å². The van der Waals surface area contributed by atoms with Crippen molar-refractivity contribution in [3.8, 4) is 11.3 Å². The maximum atomic E-state index is 12.2. The fourth-order valence-electron chi connectivity index (χ4n) is 2.99. The van der Waals surface area contributed by atoms with Crippen molar-refractivity contribution in [1.29, 1.82) is 0 Å². The minimum absolute atomic E-state index is 0.0112. The molecule has 1 amide bonds. The molecule has 3 rings (SSSR count). The largest absolute Gasteiger partial charge is 0.374 e. The van der Waals surface area contributed by atoms with Gasteiger partial charge in [0.2, 0.25) is 5.91 Å². The molecule has 8 nitrogen and oxygen atoms in total. The Morgan fingerprint density at radius 1 is 1.38 bits per heavy atom. The van der Waals surface area contributed by atoms with Crippen LogP contribution in [0.2, 0.25) is 0 Å². The van der Waals surface area contributed by atoms with Crippen LogP contribution in [0.4, 0.5) is 5.69 Å². The third-order valence-electron chi connectivity index (χ3n) is 4.70. The number of anilines is 1. The second-order valence-electron chi connectivity index (χ2n) is 7.43. The second kappa shape index (κ2) is 9.47. The molecule has 8 heteroatoms. The van der Waals surface area contributed by atoms with E-state index in [4.69, 9.17) is 0 Å². The van der Waals surface area contributed by atoms with Crippen LogP contribution in [0.3, 0.4) is 0 Å². The number of pyridine rings is 1. The molecule has 0 aliphatic carbocycles. The molecule has 0 unspecified atom stereocenters. The van der Waals surface area contributed by atoms with Crippen molar-refractivity contribution < 1.29 is 4.79 Å². The van der Waals surface area contributed by atoms with Crippen LogP contribution in [0.5, 0.6) is 0 Å². The van der Waals surface area contributed by atoms with E-state index in [9.17, 15) is 9.59 Å². The molecule has 1 aliphatic heterocycles. The maximum absolute atomic E-state index is 12.2. The molecule has 0 atom stereocenters. The first kappa shape index (κ1) is 20.7. The van der Waals surface area contributed by atoms with E-state index in [1.165, 1.54) is 0 Å². The summed E-state index contributed by atoms with van der Waals surface area (Å²) in [6, 6.07) is 2.21. The molecule has 0 spiro atoms. The number of carbonyl (C=O) groups excluding carboxylic acids is 1. The van der Waals surface area contributed by atoms with Crippen molar-refractivity contribution in [3.63, 3.8) is 0 Å². The summed E-state index contributed by atoms with van der Waals surface area (Å²) in [5.74, 6) is -0.0112. The molecule has 154 valence electrons. The molecule has 3 heterocycles. The summed E-state index contributed by atoms with van der Waals surface area (Å²) in [6.07, 6.45) is 9.29. The van der Waals surface area contributed by atoms with Crippen LogP contribution < -0.4 is 16.2 Å². The monoisotopic (exact) mass is 396 g/mol. The van der Waals surface area contributed by atoms with Gasteiger partial charge in [0.25, 0.3) is 5.56 Å². The minimum Gasteiger partial charge on any atom is -0.374 e. The molecule has 2 aromatic rings. The van der Waals surface area contributed by atoms with E-state index in [0.717, 1.165) is 17.7 Å². The Kier molecular flexibility index (Phi) is 6.77. The third kappa shape index (κ3) is 5.51. The molecule has 0 radical (unpaired) electrons. The SMILES string of the molecule is CCc1cncc(-c2c[nH]c(=O)c(NC3CN(C(=O)/C=C/CNC(C)C)C3)c2)n1. The lowest BCUT2D eigenvalue weighted by Gasteiger charge is -2.39. The van der Waals surface area contributed by atoms with Crippen LogP contribution in [0.15, 0.2) is 41.6 Å². The van der Waals surface area contributed by atoms with E-state index in [1.54, 1.807) is 35.6 Å². The molecular weight excluding hydrogens is 368 g/mol. The normalized spacial score (nSPS) is 14.4. The smallest absolute Gasteiger partial charge is 0.271 e. The van der Waals surface area contributed by atoms with Crippen LogP contribution in [0.1, 0.15) is 26.5 Å². The van der Waals surface area contributed by atoms with E-state index < -0.39 is 0 Å². The first-order chi connectivity index (χ1) is 14.0. The van der Waals surface area contributed by atoms with Gasteiger partial charge < -0.3 is 20.5 Å². The van der Waals surface area contributed by atoms with E-state index in [0.29, 0.717) is 37.1 Å². The second-order valence-corrected chi connectivity index (χ2v) is 7.43. The number of hydrogen-bond donors (Lipinski definition) is 3. The standard InChI is InChI=1S/C21H28N6O2/c1-4-16-10-22-11-19(25-16)15-8-18(21(29)24-9-15)26-17-12-27(13-17)20(28)6-5-7-23-14(2)3/h5-6,8-11,14,17,23,26H,4,7,12-13H2,1-3H3,(H,24,29)/b6-5+. The van der Waals surface area contributed by atoms with Crippen LogP contribution in [0, 0.1) is 0 Å². The Labute approximate surface area is 170 Å². The lowest BCUT2D eigenvalue weighted by Crippen LogP contribution is -2.57. The number of aromatic nitrogens is 3. The first-order valence-corrected chi connectivity index (χ1v) is 9.95. The van der Waals surface area contributed by atoms with Crippen molar-refractivity contribution in [3.05, 3.63) is 52.9 Å². The van der Waals surface area contributed by atoms with Crippen LogP contribution in [-0.2, 0) is 11.2 Å². The molecule has 1 aliphatic rings. The van der Waals surface area contributed by atoms with E-state index in [-0.39, 0.29) is 17.5 Å². The summed E-state index contributed by atoms with van der Waals surface area (Å²) in [5, 5.41) is 6.46. The van der Waals surface area contributed by atoms with Crippen molar-refractivity contribution >= 4 is 11.6 Å². The van der Waals surface area contributed by atoms with Gasteiger partial charge in [-0.1, -0.05) is 26.8 Å². The lowest BCUT2D eigenvalue weighted by molar-refractivity contribution is -0.129. The van der Waals surface area contributed by atoms with Gasteiger partial charge in [0.1, 0.15) is 5.69 Å². The van der Waals surface area contributed by atoms with Gasteiger partial charge in [-0.25, -0.2) is 4.98 Å². The van der Waals surface area contributed by atoms with E-state index in [2.05, 4.69) is 39.4 Å². The van der Waals surface area contributed by atoms with Gasteiger partial charge in [-0.15, -0.1) is 0 Å². The fourth-order valence-corrected chi connectivity index (χ4v) is 2.99. The fraction of sp³-hybridized carbons (Fsp3) is 0.429. The summed E-state index contributed by atoms with van der Waals surface area (Å²) in [5.41, 5.74) is 2.68. The number of aryl methyl sites for hydroxylation is 1. The highest BCUT2D eigenvalue weighted by atomic mass is 16.2. The molecular formula is C21H28N6O2. The number of nitrogens with one attached hydrogen (secondary N) is 3. The zero-order valence-electron chi connectivity index (χ0n) is 17.1. The first-order valence-electron chi connectivity index (χ1n) is 9.95.